The number of aromatic hydroxyl groups is 1. The Kier molecular flexibility index (Phi) is 9.27. The third-order valence-corrected chi connectivity index (χ3v) is 9.22. The fourth-order valence-corrected chi connectivity index (χ4v) is 5.72. The van der Waals surface area contributed by atoms with Crippen molar-refractivity contribution in [1.29, 1.82) is 0 Å². The number of carbonyl (C=O) groups is 1. The highest BCUT2D eigenvalue weighted by molar-refractivity contribution is 9.10. The van der Waals surface area contributed by atoms with Crippen LogP contribution >= 0.6 is 15.9 Å². The zero-order valence-corrected chi connectivity index (χ0v) is 26.8. The first-order chi connectivity index (χ1) is 20.1. The van der Waals surface area contributed by atoms with Gasteiger partial charge in [0.25, 0.3) is 0 Å². The van der Waals surface area contributed by atoms with E-state index in [1.165, 1.54) is 44.6 Å². The lowest BCUT2D eigenvalue weighted by Gasteiger charge is -2.39. The number of piperidine rings is 1. The molecule has 3 aromatic rings. The Hall–Kier alpha value is -3.82. The lowest BCUT2D eigenvalue weighted by Crippen LogP contribution is -2.42. The number of anilines is 6. The molecule has 232 valence electrons. The summed E-state index contributed by atoms with van der Waals surface area (Å²) in [7, 11) is -0.796. The molecule has 1 aromatic heterocycles. The van der Waals surface area contributed by atoms with Crippen molar-refractivity contribution in [3.8, 4) is 11.5 Å². The average molecular weight is 680 g/mol. The van der Waals surface area contributed by atoms with Crippen LogP contribution < -0.4 is 24.6 Å². The second kappa shape index (κ2) is 12.4. The maximum Gasteiger partial charge on any atom is 0.337 e. The van der Waals surface area contributed by atoms with Crippen LogP contribution in [0.25, 0.3) is 0 Å². The highest BCUT2D eigenvalue weighted by atomic mass is 79.9. The van der Waals surface area contributed by atoms with Crippen LogP contribution in [0.15, 0.2) is 41.0 Å². The van der Waals surface area contributed by atoms with E-state index >= 15 is 0 Å². The maximum absolute atomic E-state index is 12.3. The van der Waals surface area contributed by atoms with E-state index in [1.54, 1.807) is 19.9 Å². The number of nitrogens with zero attached hydrogens (tertiary/aromatic N) is 4. The van der Waals surface area contributed by atoms with Crippen LogP contribution in [0.5, 0.6) is 11.5 Å². The number of aromatic nitrogens is 2. The zero-order valence-electron chi connectivity index (χ0n) is 24.4. The average Bonchev–Trinajstić information content (AvgIpc) is 2.94. The monoisotopic (exact) mass is 678 g/mol. The van der Waals surface area contributed by atoms with Crippen LogP contribution in [-0.4, -0.2) is 78.8 Å². The number of hydrogen-bond donors (Lipinski definition) is 5. The highest BCUT2D eigenvalue weighted by Gasteiger charge is 2.32. The molecule has 2 heterocycles. The SMILES string of the molecule is COc1cc(N2CCC(C(C)(C)O)CC2)c(C(=O)O)cc1Nc1ncc(Br)c(Nc2ccc(O)cc2N(C)S(C)(=O)=O)n1. The van der Waals surface area contributed by atoms with Gasteiger partial charge in [-0.25, -0.2) is 18.2 Å². The maximum atomic E-state index is 12.3. The van der Waals surface area contributed by atoms with E-state index < -0.39 is 21.6 Å². The molecule has 0 bridgehead atoms. The van der Waals surface area contributed by atoms with Gasteiger partial charge in [-0.05, 0) is 66.7 Å². The molecule has 15 heteroatoms. The number of hydrogen-bond acceptors (Lipinski definition) is 11. The van der Waals surface area contributed by atoms with E-state index in [4.69, 9.17) is 4.74 Å². The molecular weight excluding hydrogens is 644 g/mol. The molecule has 0 atom stereocenters. The van der Waals surface area contributed by atoms with Gasteiger partial charge in [-0.15, -0.1) is 0 Å². The van der Waals surface area contributed by atoms with Gasteiger partial charge in [0.2, 0.25) is 16.0 Å². The fourth-order valence-electron chi connectivity index (χ4n) is 4.92. The molecule has 5 N–H and O–H groups in total. The zero-order chi connectivity index (χ0) is 31.7. The van der Waals surface area contributed by atoms with Gasteiger partial charge < -0.3 is 35.6 Å². The number of halogens is 1. The van der Waals surface area contributed by atoms with Crippen molar-refractivity contribution in [2.75, 3.05) is 53.3 Å². The summed E-state index contributed by atoms with van der Waals surface area (Å²) in [5, 5.41) is 36.6. The molecule has 1 fully saturated rings. The van der Waals surface area contributed by atoms with Crippen molar-refractivity contribution in [3.63, 3.8) is 0 Å². The van der Waals surface area contributed by atoms with Gasteiger partial charge in [0, 0.05) is 38.5 Å². The molecule has 13 nitrogen and oxygen atoms in total. The molecule has 0 aliphatic carbocycles. The lowest BCUT2D eigenvalue weighted by molar-refractivity contribution is 0.00646. The van der Waals surface area contributed by atoms with Gasteiger partial charge in [-0.2, -0.15) is 4.98 Å². The van der Waals surface area contributed by atoms with Crippen molar-refractivity contribution in [2.24, 2.45) is 5.92 Å². The molecule has 0 radical (unpaired) electrons. The third kappa shape index (κ3) is 7.40. The molecule has 1 saturated heterocycles. The number of benzene rings is 2. The summed E-state index contributed by atoms with van der Waals surface area (Å²) < 4.78 is 31.5. The second-order valence-corrected chi connectivity index (χ2v) is 13.7. The number of sulfonamides is 1. The summed E-state index contributed by atoms with van der Waals surface area (Å²) in [6.45, 7) is 4.76. The number of rotatable bonds is 10. The molecule has 1 aliphatic heterocycles. The summed E-state index contributed by atoms with van der Waals surface area (Å²) in [5.41, 5.74) is 0.637. The van der Waals surface area contributed by atoms with E-state index in [0.29, 0.717) is 40.4 Å². The number of aromatic carboxylic acids is 1. The molecule has 43 heavy (non-hydrogen) atoms. The fraction of sp³-hybridized carbons (Fsp3) is 0.393. The Morgan fingerprint density at radius 3 is 2.42 bits per heavy atom. The van der Waals surface area contributed by atoms with Gasteiger partial charge in [0.1, 0.15) is 17.3 Å². The Morgan fingerprint density at radius 2 is 1.84 bits per heavy atom. The predicted molar refractivity (Wildman–Crippen MR) is 169 cm³/mol. The molecular formula is C28H35BrN6O7S. The summed E-state index contributed by atoms with van der Waals surface area (Å²) in [6.07, 6.45) is 3.96. The number of phenols is 1. The number of carboxylic acids is 1. The largest absolute Gasteiger partial charge is 0.508 e. The van der Waals surface area contributed by atoms with Crippen LogP contribution in [0.1, 0.15) is 37.0 Å². The number of phenolic OH excluding ortho intramolecular Hbond substituents is 1. The van der Waals surface area contributed by atoms with Gasteiger partial charge in [-0.1, -0.05) is 0 Å². The minimum Gasteiger partial charge on any atom is -0.508 e. The van der Waals surface area contributed by atoms with Crippen LogP contribution in [0.3, 0.4) is 0 Å². The predicted octanol–water partition coefficient (Wildman–Crippen LogP) is 4.52. The Bertz CT molecular complexity index is 1620. The molecule has 0 unspecified atom stereocenters. The normalized spacial score (nSPS) is 14.3. The van der Waals surface area contributed by atoms with E-state index in [0.717, 1.165) is 23.4 Å². The Morgan fingerprint density at radius 1 is 1.16 bits per heavy atom. The van der Waals surface area contributed by atoms with Gasteiger partial charge in [-0.3, -0.25) is 4.31 Å². The number of nitrogens with one attached hydrogen (secondary N) is 2. The van der Waals surface area contributed by atoms with Crippen molar-refractivity contribution < 1.29 is 33.3 Å². The number of carboxylic acid groups (broad SMARTS) is 1. The van der Waals surface area contributed by atoms with Crippen molar-refractivity contribution in [2.45, 2.75) is 32.3 Å². The smallest absolute Gasteiger partial charge is 0.337 e. The first-order valence-corrected chi connectivity index (χ1v) is 16.0. The lowest BCUT2D eigenvalue weighted by atomic mass is 9.83. The van der Waals surface area contributed by atoms with E-state index in [9.17, 15) is 28.5 Å². The quantitative estimate of drug-likeness (QED) is 0.190. The minimum absolute atomic E-state index is 0.0676. The first kappa shape index (κ1) is 32.1. The summed E-state index contributed by atoms with van der Waals surface area (Å²) in [5.74, 6) is -0.361. The summed E-state index contributed by atoms with van der Waals surface area (Å²) in [4.78, 5) is 23.1. The third-order valence-electron chi connectivity index (χ3n) is 7.44. The van der Waals surface area contributed by atoms with Crippen molar-refractivity contribution >= 4 is 66.4 Å². The molecule has 0 spiro atoms. The summed E-state index contributed by atoms with van der Waals surface area (Å²) in [6, 6.07) is 7.36. The Labute approximate surface area is 258 Å². The van der Waals surface area contributed by atoms with Gasteiger partial charge in [0.15, 0.2) is 0 Å². The first-order valence-electron chi connectivity index (χ1n) is 13.3. The van der Waals surface area contributed by atoms with Crippen LogP contribution in [-0.2, 0) is 10.0 Å². The van der Waals surface area contributed by atoms with Crippen LogP contribution in [0, 0.1) is 5.92 Å². The van der Waals surface area contributed by atoms with Crippen molar-refractivity contribution in [1.82, 2.24) is 9.97 Å². The standard InChI is InChI=1S/C28H35BrN6O7S/c1-28(2,39)16-8-10-35(11-9-16)22-14-24(42-4)21(13-18(22)26(37)38)32-27-30-15-19(29)25(33-27)31-20-7-6-17(36)12-23(20)34(3)43(5,40)41/h6-7,12-16,36,39H,8-11H2,1-5H3,(H,37,38)(H2,30,31,32,33). The van der Waals surface area contributed by atoms with Gasteiger partial charge in [0.05, 0.1) is 51.8 Å². The Balaban J connectivity index is 1.64. The van der Waals surface area contributed by atoms with E-state index in [1.807, 2.05) is 4.90 Å². The topological polar surface area (TPSA) is 177 Å². The number of aliphatic hydroxyl groups is 1. The minimum atomic E-state index is -3.64. The van der Waals surface area contributed by atoms with Crippen LogP contribution in [0.2, 0.25) is 0 Å². The molecule has 0 amide bonds. The number of methoxy groups -OCH3 is 1. The molecule has 4 rings (SSSR count). The van der Waals surface area contributed by atoms with E-state index in [-0.39, 0.29) is 34.7 Å². The molecule has 0 saturated carbocycles. The highest BCUT2D eigenvalue weighted by Crippen LogP contribution is 2.39. The number of ether oxygens (including phenoxy) is 1. The molecule has 2 aromatic carbocycles. The second-order valence-electron chi connectivity index (χ2n) is 10.9. The van der Waals surface area contributed by atoms with Gasteiger partial charge >= 0.3 is 5.97 Å². The van der Waals surface area contributed by atoms with Crippen molar-refractivity contribution in [3.05, 3.63) is 46.6 Å². The van der Waals surface area contributed by atoms with E-state index in [2.05, 4.69) is 36.5 Å². The summed E-state index contributed by atoms with van der Waals surface area (Å²) >= 11 is 3.40. The molecule has 1 aliphatic rings. The van der Waals surface area contributed by atoms with Crippen LogP contribution in [0.4, 0.5) is 34.5 Å².